The summed E-state index contributed by atoms with van der Waals surface area (Å²) in [5.41, 5.74) is 6.96. The number of carbonyl (C=O) groups is 2. The quantitative estimate of drug-likeness (QED) is 0.805. The summed E-state index contributed by atoms with van der Waals surface area (Å²) < 4.78 is 0. The molecule has 1 saturated heterocycles. The van der Waals surface area contributed by atoms with Crippen LogP contribution < -0.4 is 11.1 Å². The number of amides is 1. The van der Waals surface area contributed by atoms with Crippen molar-refractivity contribution in [1.82, 2.24) is 4.90 Å². The molecule has 1 aliphatic heterocycles. The van der Waals surface area contributed by atoms with Crippen LogP contribution in [0, 0.1) is 5.92 Å². The molecule has 114 valence electrons. The van der Waals surface area contributed by atoms with Crippen LogP contribution in [0.1, 0.15) is 30.6 Å². The molecule has 1 fully saturated rings. The van der Waals surface area contributed by atoms with E-state index in [1.54, 1.807) is 24.3 Å². The molecule has 1 aromatic carbocycles. The van der Waals surface area contributed by atoms with E-state index in [-0.39, 0.29) is 11.7 Å². The van der Waals surface area contributed by atoms with E-state index in [9.17, 15) is 9.59 Å². The van der Waals surface area contributed by atoms with Crippen molar-refractivity contribution in [3.8, 4) is 0 Å². The summed E-state index contributed by atoms with van der Waals surface area (Å²) in [5.74, 6) is 0.416. The summed E-state index contributed by atoms with van der Waals surface area (Å²) in [4.78, 5) is 25.6. The monoisotopic (exact) mass is 289 g/mol. The molecule has 2 atom stereocenters. The standard InChI is InChI=1S/C16H23N3O2/c1-11-6-13(8-17)9-19(11)10-16(21)18-15-5-3-4-14(7-15)12(2)20/h3-5,7,11,13H,6,8-10,17H2,1-2H3,(H,18,21). The summed E-state index contributed by atoms with van der Waals surface area (Å²) in [7, 11) is 0. The fourth-order valence-corrected chi connectivity index (χ4v) is 2.81. The van der Waals surface area contributed by atoms with E-state index < -0.39 is 0 Å². The molecule has 5 nitrogen and oxygen atoms in total. The van der Waals surface area contributed by atoms with Gasteiger partial charge in [0.2, 0.25) is 5.91 Å². The molecule has 0 saturated carbocycles. The third-order valence-corrected chi connectivity index (χ3v) is 4.02. The number of likely N-dealkylation sites (tertiary alicyclic amines) is 1. The molecular formula is C16H23N3O2. The third-order valence-electron chi connectivity index (χ3n) is 4.02. The van der Waals surface area contributed by atoms with Gasteiger partial charge in [0.05, 0.1) is 6.54 Å². The number of anilines is 1. The number of nitrogens with two attached hydrogens (primary N) is 1. The number of nitrogens with zero attached hydrogens (tertiary/aromatic N) is 1. The van der Waals surface area contributed by atoms with Crippen LogP contribution in [0.4, 0.5) is 5.69 Å². The minimum atomic E-state index is -0.0553. The molecule has 21 heavy (non-hydrogen) atoms. The number of benzene rings is 1. The zero-order valence-corrected chi connectivity index (χ0v) is 12.6. The molecular weight excluding hydrogens is 266 g/mol. The number of ketones is 1. The summed E-state index contributed by atoms with van der Waals surface area (Å²) in [6.45, 7) is 5.54. The highest BCUT2D eigenvalue weighted by Gasteiger charge is 2.29. The number of nitrogens with one attached hydrogen (secondary N) is 1. The van der Waals surface area contributed by atoms with E-state index in [1.165, 1.54) is 6.92 Å². The van der Waals surface area contributed by atoms with Crippen molar-refractivity contribution in [2.24, 2.45) is 11.7 Å². The molecule has 0 aliphatic carbocycles. The van der Waals surface area contributed by atoms with Crippen LogP contribution in [-0.4, -0.2) is 42.3 Å². The number of hydrogen-bond donors (Lipinski definition) is 2. The first-order chi connectivity index (χ1) is 9.99. The van der Waals surface area contributed by atoms with Gasteiger partial charge < -0.3 is 11.1 Å². The van der Waals surface area contributed by atoms with E-state index in [1.807, 2.05) is 0 Å². The van der Waals surface area contributed by atoms with Crippen molar-refractivity contribution in [2.45, 2.75) is 26.3 Å². The van der Waals surface area contributed by atoms with Gasteiger partial charge >= 0.3 is 0 Å². The lowest BCUT2D eigenvalue weighted by Gasteiger charge is -2.20. The van der Waals surface area contributed by atoms with Gasteiger partial charge in [-0.25, -0.2) is 0 Å². The Balaban J connectivity index is 1.93. The van der Waals surface area contributed by atoms with Crippen molar-refractivity contribution in [3.05, 3.63) is 29.8 Å². The van der Waals surface area contributed by atoms with Crippen LogP contribution in [0.15, 0.2) is 24.3 Å². The van der Waals surface area contributed by atoms with Crippen LogP contribution in [0.3, 0.4) is 0 Å². The fourth-order valence-electron chi connectivity index (χ4n) is 2.81. The smallest absolute Gasteiger partial charge is 0.238 e. The summed E-state index contributed by atoms with van der Waals surface area (Å²) in [6.07, 6.45) is 1.05. The zero-order valence-electron chi connectivity index (χ0n) is 12.6. The van der Waals surface area contributed by atoms with Gasteiger partial charge in [-0.05, 0) is 44.9 Å². The normalized spacial score (nSPS) is 22.2. The van der Waals surface area contributed by atoms with Gasteiger partial charge in [0, 0.05) is 23.8 Å². The van der Waals surface area contributed by atoms with Crippen LogP contribution >= 0.6 is 0 Å². The molecule has 2 rings (SSSR count). The van der Waals surface area contributed by atoms with Gasteiger partial charge in [-0.1, -0.05) is 12.1 Å². The van der Waals surface area contributed by atoms with Gasteiger partial charge in [0.1, 0.15) is 0 Å². The van der Waals surface area contributed by atoms with Gasteiger partial charge in [-0.2, -0.15) is 0 Å². The Hall–Kier alpha value is -1.72. The Morgan fingerprint density at radius 2 is 2.19 bits per heavy atom. The van der Waals surface area contributed by atoms with Crippen LogP contribution in [-0.2, 0) is 4.79 Å². The molecule has 1 heterocycles. The highest BCUT2D eigenvalue weighted by molar-refractivity contribution is 5.97. The van der Waals surface area contributed by atoms with E-state index >= 15 is 0 Å². The molecule has 0 radical (unpaired) electrons. The molecule has 1 aromatic rings. The molecule has 0 aromatic heterocycles. The second-order valence-corrected chi connectivity index (χ2v) is 5.80. The minimum Gasteiger partial charge on any atom is -0.330 e. The highest BCUT2D eigenvalue weighted by Crippen LogP contribution is 2.21. The average Bonchev–Trinajstić information content (AvgIpc) is 2.79. The first-order valence-electron chi connectivity index (χ1n) is 7.34. The summed E-state index contributed by atoms with van der Waals surface area (Å²) in [5, 5.41) is 2.85. The van der Waals surface area contributed by atoms with Crippen LogP contribution in [0.2, 0.25) is 0 Å². The highest BCUT2D eigenvalue weighted by atomic mass is 16.2. The van der Waals surface area contributed by atoms with Crippen LogP contribution in [0.25, 0.3) is 0 Å². The summed E-state index contributed by atoms with van der Waals surface area (Å²) in [6, 6.07) is 7.39. The maximum atomic E-state index is 12.1. The number of hydrogen-bond acceptors (Lipinski definition) is 4. The maximum Gasteiger partial charge on any atom is 0.238 e. The predicted octanol–water partition coefficient (Wildman–Crippen LogP) is 1.50. The van der Waals surface area contributed by atoms with E-state index in [0.29, 0.717) is 36.3 Å². The Bertz CT molecular complexity index is 530. The van der Waals surface area contributed by atoms with E-state index in [2.05, 4.69) is 17.1 Å². The lowest BCUT2D eigenvalue weighted by molar-refractivity contribution is -0.117. The lowest BCUT2D eigenvalue weighted by Crippen LogP contribution is -2.36. The number of Topliss-reactive ketones (excluding diaryl/α,β-unsaturated/α-hetero) is 1. The largest absolute Gasteiger partial charge is 0.330 e. The third kappa shape index (κ3) is 4.12. The average molecular weight is 289 g/mol. The van der Waals surface area contributed by atoms with Crippen LogP contribution in [0.5, 0.6) is 0 Å². The van der Waals surface area contributed by atoms with E-state index in [0.717, 1.165) is 13.0 Å². The first kappa shape index (κ1) is 15.7. The van der Waals surface area contributed by atoms with Gasteiger partial charge in [-0.15, -0.1) is 0 Å². The Morgan fingerprint density at radius 3 is 2.81 bits per heavy atom. The molecule has 1 amide bonds. The predicted molar refractivity (Wildman–Crippen MR) is 83.3 cm³/mol. The van der Waals surface area contributed by atoms with Gasteiger partial charge in [0.15, 0.2) is 5.78 Å². The van der Waals surface area contributed by atoms with E-state index in [4.69, 9.17) is 5.73 Å². The summed E-state index contributed by atoms with van der Waals surface area (Å²) >= 11 is 0. The molecule has 0 bridgehead atoms. The van der Waals surface area contributed by atoms with Crippen molar-refractivity contribution < 1.29 is 9.59 Å². The SMILES string of the molecule is CC(=O)c1cccc(NC(=O)CN2CC(CN)CC2C)c1. The first-order valence-corrected chi connectivity index (χ1v) is 7.34. The number of carbonyl (C=O) groups excluding carboxylic acids is 2. The Labute approximate surface area is 125 Å². The fraction of sp³-hybridized carbons (Fsp3) is 0.500. The molecule has 2 unspecified atom stereocenters. The topological polar surface area (TPSA) is 75.4 Å². The van der Waals surface area contributed by atoms with Crippen molar-refractivity contribution in [3.63, 3.8) is 0 Å². The number of rotatable bonds is 5. The second-order valence-electron chi connectivity index (χ2n) is 5.80. The van der Waals surface area contributed by atoms with Gasteiger partial charge in [0.25, 0.3) is 0 Å². The van der Waals surface area contributed by atoms with Crippen molar-refractivity contribution in [2.75, 3.05) is 25.0 Å². The molecule has 1 aliphatic rings. The molecule has 5 heteroatoms. The second kappa shape index (κ2) is 6.83. The molecule has 3 N–H and O–H groups in total. The minimum absolute atomic E-state index is 0.00921. The Morgan fingerprint density at radius 1 is 1.43 bits per heavy atom. The van der Waals surface area contributed by atoms with Crippen molar-refractivity contribution >= 4 is 17.4 Å². The maximum absolute atomic E-state index is 12.1. The van der Waals surface area contributed by atoms with Gasteiger partial charge in [-0.3, -0.25) is 14.5 Å². The zero-order chi connectivity index (χ0) is 15.4. The Kier molecular flexibility index (Phi) is 5.09. The molecule has 0 spiro atoms. The van der Waals surface area contributed by atoms with Crippen molar-refractivity contribution in [1.29, 1.82) is 0 Å². The lowest BCUT2D eigenvalue weighted by atomic mass is 10.1.